The predicted molar refractivity (Wildman–Crippen MR) is 70.2 cm³/mol. The van der Waals surface area contributed by atoms with Gasteiger partial charge in [0.15, 0.2) is 5.78 Å². The van der Waals surface area contributed by atoms with E-state index < -0.39 is 6.61 Å². The Bertz CT molecular complexity index is 452. The number of rotatable bonds is 3. The van der Waals surface area contributed by atoms with Crippen molar-refractivity contribution >= 4 is 5.78 Å². The number of aliphatic hydroxyl groups excluding tert-OH is 2. The van der Waals surface area contributed by atoms with Crippen LogP contribution in [-0.2, 0) is 6.61 Å². The number of benzene rings is 2. The van der Waals surface area contributed by atoms with Crippen LogP contribution in [0, 0.1) is 0 Å². The zero-order valence-corrected chi connectivity index (χ0v) is 9.99. The van der Waals surface area contributed by atoms with Gasteiger partial charge in [0.25, 0.3) is 0 Å². The maximum atomic E-state index is 10.8. The van der Waals surface area contributed by atoms with Gasteiger partial charge in [0.05, 0.1) is 6.61 Å². The lowest BCUT2D eigenvalue weighted by Gasteiger charge is -1.93. The van der Waals surface area contributed by atoms with E-state index in [4.69, 9.17) is 10.2 Å². The Kier molecular flexibility index (Phi) is 6.40. The van der Waals surface area contributed by atoms with E-state index in [-0.39, 0.29) is 12.4 Å². The molecule has 0 saturated carbocycles. The quantitative estimate of drug-likeness (QED) is 0.812. The van der Waals surface area contributed by atoms with Crippen molar-refractivity contribution in [2.24, 2.45) is 0 Å². The maximum absolute atomic E-state index is 10.8. The monoisotopic (exact) mass is 244 g/mol. The lowest BCUT2D eigenvalue weighted by Crippen LogP contribution is -2.02. The van der Waals surface area contributed by atoms with Crippen molar-refractivity contribution in [2.75, 3.05) is 6.61 Å². The molecule has 94 valence electrons. The molecule has 0 spiro atoms. The minimum atomic E-state index is -0.413. The highest BCUT2D eigenvalue weighted by atomic mass is 16.3. The molecule has 2 aromatic carbocycles. The van der Waals surface area contributed by atoms with Gasteiger partial charge in [-0.25, -0.2) is 0 Å². The number of Topliss-reactive ketones (excluding diaryl/α,β-unsaturated/α-hetero) is 1. The predicted octanol–water partition coefficient (Wildman–Crippen LogP) is 2.04. The number of hydrogen-bond donors (Lipinski definition) is 2. The van der Waals surface area contributed by atoms with Crippen LogP contribution < -0.4 is 0 Å². The largest absolute Gasteiger partial charge is 0.392 e. The molecule has 0 aromatic heterocycles. The highest BCUT2D eigenvalue weighted by molar-refractivity contribution is 5.96. The van der Waals surface area contributed by atoms with Gasteiger partial charge in [0.2, 0.25) is 0 Å². The number of hydrogen-bond acceptors (Lipinski definition) is 3. The van der Waals surface area contributed by atoms with Crippen molar-refractivity contribution in [1.82, 2.24) is 0 Å². The fourth-order valence-electron chi connectivity index (χ4n) is 1.30. The second-order valence-electron chi connectivity index (χ2n) is 3.59. The SMILES string of the molecule is O=C(CO)c1ccccc1.OCc1ccccc1. The topological polar surface area (TPSA) is 57.5 Å². The summed E-state index contributed by atoms with van der Waals surface area (Å²) in [5.41, 5.74) is 1.53. The standard InChI is InChI=1S/C8H8O2.C7H8O/c9-6-8(10)7-4-2-1-3-5-7;8-6-7-4-2-1-3-5-7/h1-5,9H,6H2;1-5,8H,6H2. The average molecular weight is 244 g/mol. The summed E-state index contributed by atoms with van der Waals surface area (Å²) in [4.78, 5) is 10.8. The first kappa shape index (κ1) is 14.1. The lowest BCUT2D eigenvalue weighted by molar-refractivity contribution is 0.0904. The summed E-state index contributed by atoms with van der Waals surface area (Å²) in [6.07, 6.45) is 0. The van der Waals surface area contributed by atoms with Gasteiger partial charge in [-0.1, -0.05) is 60.7 Å². The molecule has 0 aliphatic rings. The number of ketones is 1. The number of carbonyl (C=O) groups is 1. The summed E-state index contributed by atoms with van der Waals surface area (Å²) in [6.45, 7) is -0.273. The van der Waals surface area contributed by atoms with E-state index in [0.29, 0.717) is 5.56 Å². The van der Waals surface area contributed by atoms with Gasteiger partial charge in [0, 0.05) is 5.56 Å². The van der Waals surface area contributed by atoms with Crippen molar-refractivity contribution in [3.63, 3.8) is 0 Å². The van der Waals surface area contributed by atoms with Crippen LogP contribution in [-0.4, -0.2) is 22.6 Å². The van der Waals surface area contributed by atoms with Crippen molar-refractivity contribution in [3.8, 4) is 0 Å². The van der Waals surface area contributed by atoms with Crippen LogP contribution in [0.25, 0.3) is 0 Å². The molecule has 0 atom stereocenters. The molecule has 0 aliphatic carbocycles. The van der Waals surface area contributed by atoms with Gasteiger partial charge in [-0.2, -0.15) is 0 Å². The van der Waals surface area contributed by atoms with Crippen LogP contribution in [0.3, 0.4) is 0 Å². The summed E-state index contributed by atoms with van der Waals surface area (Å²) in [6, 6.07) is 18.2. The molecule has 3 heteroatoms. The first-order chi connectivity index (χ1) is 8.77. The van der Waals surface area contributed by atoms with Crippen molar-refractivity contribution < 1.29 is 15.0 Å². The minimum Gasteiger partial charge on any atom is -0.392 e. The van der Waals surface area contributed by atoms with Crippen LogP contribution in [0.4, 0.5) is 0 Å². The second kappa shape index (κ2) is 8.17. The fraction of sp³-hybridized carbons (Fsp3) is 0.133. The van der Waals surface area contributed by atoms with Gasteiger partial charge in [0.1, 0.15) is 6.61 Å². The van der Waals surface area contributed by atoms with E-state index in [2.05, 4.69) is 0 Å². The van der Waals surface area contributed by atoms with Crippen LogP contribution in [0.2, 0.25) is 0 Å². The third-order valence-electron chi connectivity index (χ3n) is 2.26. The second-order valence-corrected chi connectivity index (χ2v) is 3.59. The lowest BCUT2D eigenvalue weighted by atomic mass is 10.1. The third kappa shape index (κ3) is 4.91. The van der Waals surface area contributed by atoms with E-state index in [1.165, 1.54) is 0 Å². The summed E-state index contributed by atoms with van der Waals surface area (Å²) < 4.78 is 0. The molecule has 2 aromatic rings. The Morgan fingerprint density at radius 1 is 0.833 bits per heavy atom. The number of carbonyl (C=O) groups excluding carboxylic acids is 1. The Labute approximate surface area is 106 Å². The highest BCUT2D eigenvalue weighted by Crippen LogP contribution is 1.98. The van der Waals surface area contributed by atoms with Crippen LogP contribution in [0.5, 0.6) is 0 Å². The molecule has 0 bridgehead atoms. The normalized spacial score (nSPS) is 9.22. The first-order valence-corrected chi connectivity index (χ1v) is 5.62. The smallest absolute Gasteiger partial charge is 0.188 e. The molecular weight excluding hydrogens is 228 g/mol. The van der Waals surface area contributed by atoms with E-state index in [1.807, 2.05) is 36.4 Å². The van der Waals surface area contributed by atoms with E-state index in [9.17, 15) is 4.79 Å². The molecule has 2 N–H and O–H groups in total. The summed E-state index contributed by atoms with van der Waals surface area (Å²) >= 11 is 0. The average Bonchev–Trinajstić information content (AvgIpc) is 2.49. The highest BCUT2D eigenvalue weighted by Gasteiger charge is 1.99. The molecule has 3 nitrogen and oxygen atoms in total. The van der Waals surface area contributed by atoms with Gasteiger partial charge in [-0.15, -0.1) is 0 Å². The Morgan fingerprint density at radius 2 is 1.33 bits per heavy atom. The molecule has 0 radical (unpaired) electrons. The molecule has 0 fully saturated rings. The van der Waals surface area contributed by atoms with E-state index >= 15 is 0 Å². The Morgan fingerprint density at radius 3 is 1.72 bits per heavy atom. The van der Waals surface area contributed by atoms with Crippen LogP contribution in [0.1, 0.15) is 15.9 Å². The Hall–Kier alpha value is -1.97. The molecule has 0 saturated heterocycles. The molecule has 2 rings (SSSR count). The van der Waals surface area contributed by atoms with Gasteiger partial charge >= 0.3 is 0 Å². The summed E-state index contributed by atoms with van der Waals surface area (Å²) in [7, 11) is 0. The summed E-state index contributed by atoms with van der Waals surface area (Å²) in [5.74, 6) is -0.236. The minimum absolute atomic E-state index is 0.140. The van der Waals surface area contributed by atoms with Gasteiger partial charge in [-0.05, 0) is 5.56 Å². The summed E-state index contributed by atoms with van der Waals surface area (Å²) in [5, 5.41) is 17.0. The van der Waals surface area contributed by atoms with Crippen LogP contribution >= 0.6 is 0 Å². The molecule has 18 heavy (non-hydrogen) atoms. The molecule has 0 unspecified atom stereocenters. The van der Waals surface area contributed by atoms with Crippen molar-refractivity contribution in [3.05, 3.63) is 71.8 Å². The van der Waals surface area contributed by atoms with E-state index in [1.54, 1.807) is 24.3 Å². The Balaban J connectivity index is 0.000000184. The third-order valence-corrected chi connectivity index (χ3v) is 2.26. The molecule has 0 heterocycles. The van der Waals surface area contributed by atoms with E-state index in [0.717, 1.165) is 5.56 Å². The molecule has 0 amide bonds. The molecule has 0 aliphatic heterocycles. The van der Waals surface area contributed by atoms with Crippen molar-refractivity contribution in [1.29, 1.82) is 0 Å². The molecular formula is C15H16O3. The van der Waals surface area contributed by atoms with Gasteiger partial charge < -0.3 is 10.2 Å². The first-order valence-electron chi connectivity index (χ1n) is 5.62. The zero-order valence-electron chi connectivity index (χ0n) is 9.99. The maximum Gasteiger partial charge on any atom is 0.188 e. The fourth-order valence-corrected chi connectivity index (χ4v) is 1.30. The van der Waals surface area contributed by atoms with Gasteiger partial charge in [-0.3, -0.25) is 4.79 Å². The zero-order chi connectivity index (χ0) is 13.2. The van der Waals surface area contributed by atoms with Crippen molar-refractivity contribution in [2.45, 2.75) is 6.61 Å². The number of aliphatic hydroxyl groups is 2. The van der Waals surface area contributed by atoms with Crippen LogP contribution in [0.15, 0.2) is 60.7 Å².